The molecule has 0 saturated carbocycles. The van der Waals surface area contributed by atoms with E-state index in [1.165, 1.54) is 0 Å². The van der Waals surface area contributed by atoms with E-state index in [1.807, 2.05) is 0 Å². The van der Waals surface area contributed by atoms with Crippen LogP contribution in [0.5, 0.6) is 0 Å². The van der Waals surface area contributed by atoms with Crippen molar-refractivity contribution in [2.75, 3.05) is 5.75 Å². The Bertz CT molecular complexity index is 325. The van der Waals surface area contributed by atoms with Crippen molar-refractivity contribution >= 4 is 11.8 Å². The molecule has 0 spiro atoms. The highest BCUT2D eigenvalue weighted by Gasteiger charge is 2.30. The average Bonchev–Trinajstić information content (AvgIpc) is 2.19. The first-order valence-electron chi connectivity index (χ1n) is 4.88. The summed E-state index contributed by atoms with van der Waals surface area (Å²) in [5.74, 6) is -0.333. The molecule has 1 nitrogen and oxygen atoms in total. The molecule has 1 unspecified atom stereocenters. The summed E-state index contributed by atoms with van der Waals surface area (Å²) in [6, 6.07) is 1.68. The zero-order chi connectivity index (χ0) is 14.4. The van der Waals surface area contributed by atoms with Gasteiger partial charge in [0.05, 0.1) is 17.7 Å². The molecule has 0 aromatic carbocycles. The topological polar surface area (TPSA) is 23.8 Å². The molecule has 0 N–H and O–H groups in total. The summed E-state index contributed by atoms with van der Waals surface area (Å²) in [6.07, 6.45) is -9.22. The first-order valence-corrected chi connectivity index (χ1v) is 5.93. The Morgan fingerprint density at radius 2 is 1.83 bits per heavy atom. The molecule has 1 atom stereocenters. The fourth-order valence-electron chi connectivity index (χ4n) is 0.874. The van der Waals surface area contributed by atoms with Crippen LogP contribution in [0.1, 0.15) is 19.8 Å². The van der Waals surface area contributed by atoms with Gasteiger partial charge in [-0.2, -0.15) is 31.6 Å². The molecule has 18 heavy (non-hydrogen) atoms. The number of rotatable bonds is 5. The lowest BCUT2D eigenvalue weighted by Gasteiger charge is -2.10. The number of hydrogen-bond donors (Lipinski definition) is 0. The lowest BCUT2D eigenvalue weighted by Crippen LogP contribution is -2.11. The van der Waals surface area contributed by atoms with E-state index in [4.69, 9.17) is 5.26 Å². The molecule has 0 heterocycles. The number of nitriles is 1. The zero-order valence-electron chi connectivity index (χ0n) is 9.40. The van der Waals surface area contributed by atoms with Crippen molar-refractivity contribution in [2.45, 2.75) is 37.4 Å². The Morgan fingerprint density at radius 3 is 2.22 bits per heavy atom. The van der Waals surface area contributed by atoms with E-state index in [2.05, 4.69) is 0 Å². The van der Waals surface area contributed by atoms with Crippen LogP contribution in [0.25, 0.3) is 0 Å². The molecule has 0 saturated heterocycles. The van der Waals surface area contributed by atoms with Gasteiger partial charge in [-0.1, -0.05) is 6.08 Å². The molecule has 8 heteroatoms. The number of hydrogen-bond acceptors (Lipinski definition) is 2. The van der Waals surface area contributed by atoms with Gasteiger partial charge in [0, 0.05) is 11.3 Å². The Labute approximate surface area is 105 Å². The van der Waals surface area contributed by atoms with Crippen LogP contribution in [-0.2, 0) is 0 Å². The smallest absolute Gasteiger partial charge is 0.197 e. The maximum atomic E-state index is 12.1. The minimum atomic E-state index is -4.46. The molecule has 0 fully saturated rings. The highest BCUT2D eigenvalue weighted by molar-refractivity contribution is 8.00. The Balaban J connectivity index is 4.19. The third kappa shape index (κ3) is 8.28. The number of thioether (sulfide) groups is 1. The van der Waals surface area contributed by atoms with Gasteiger partial charge in [0.15, 0.2) is 0 Å². The maximum Gasteiger partial charge on any atom is 0.412 e. The Hall–Kier alpha value is -0.840. The number of alkyl halides is 6. The molecule has 104 valence electrons. The largest absolute Gasteiger partial charge is 0.412 e. The minimum Gasteiger partial charge on any atom is -0.197 e. The number of halogens is 6. The van der Waals surface area contributed by atoms with Crippen molar-refractivity contribution in [1.82, 2.24) is 0 Å². The van der Waals surface area contributed by atoms with E-state index in [0.29, 0.717) is 11.8 Å². The fourth-order valence-corrected chi connectivity index (χ4v) is 1.82. The highest BCUT2D eigenvalue weighted by atomic mass is 32.2. The molecule has 0 bridgehead atoms. The summed E-state index contributed by atoms with van der Waals surface area (Å²) in [4.78, 5) is 0. The normalized spacial score (nSPS) is 15.3. The summed E-state index contributed by atoms with van der Waals surface area (Å²) in [6.45, 7) is 0.856. The zero-order valence-corrected chi connectivity index (χ0v) is 10.2. The summed E-state index contributed by atoms with van der Waals surface area (Å²) in [7, 11) is 0. The summed E-state index contributed by atoms with van der Waals surface area (Å²) in [5, 5.41) is 7.71. The summed E-state index contributed by atoms with van der Waals surface area (Å²) >= 11 is 0.708. The lowest BCUT2D eigenvalue weighted by molar-refractivity contribution is -0.129. The predicted molar refractivity (Wildman–Crippen MR) is 57.0 cm³/mol. The second-order valence-corrected chi connectivity index (χ2v) is 4.78. The average molecular weight is 291 g/mol. The van der Waals surface area contributed by atoms with Crippen LogP contribution in [-0.4, -0.2) is 23.4 Å². The molecule has 0 amide bonds. The van der Waals surface area contributed by atoms with Crippen molar-refractivity contribution < 1.29 is 26.3 Å². The molecule has 0 rings (SSSR count). The predicted octanol–water partition coefficient (Wildman–Crippen LogP) is 4.46. The van der Waals surface area contributed by atoms with Crippen molar-refractivity contribution in [3.8, 4) is 6.07 Å². The van der Waals surface area contributed by atoms with Gasteiger partial charge in [-0.25, -0.2) is 0 Å². The number of nitrogens with zero attached hydrogens (tertiary/aromatic N) is 1. The summed E-state index contributed by atoms with van der Waals surface area (Å²) < 4.78 is 71.8. The molecule has 0 aromatic rings. The molecule has 0 aliphatic carbocycles. The van der Waals surface area contributed by atoms with Gasteiger partial charge in [-0.3, -0.25) is 0 Å². The van der Waals surface area contributed by atoms with E-state index in [-0.39, 0.29) is 12.2 Å². The molecule has 0 aliphatic heterocycles. The van der Waals surface area contributed by atoms with Crippen LogP contribution in [0.2, 0.25) is 0 Å². The first-order chi connectivity index (χ1) is 8.06. The van der Waals surface area contributed by atoms with E-state index in [9.17, 15) is 26.3 Å². The van der Waals surface area contributed by atoms with Crippen molar-refractivity contribution in [3.05, 3.63) is 11.6 Å². The van der Waals surface area contributed by atoms with Crippen LogP contribution >= 0.6 is 11.8 Å². The van der Waals surface area contributed by atoms with Crippen LogP contribution in [0.4, 0.5) is 26.3 Å². The fraction of sp³-hybridized carbons (Fsp3) is 0.700. The SMILES string of the molecule is C/C(=C\CC(C#N)SCCC(F)(F)F)C(F)(F)F. The third-order valence-corrected chi connectivity index (χ3v) is 3.07. The van der Waals surface area contributed by atoms with Gasteiger partial charge in [-0.05, 0) is 13.3 Å². The molecule has 0 aromatic heterocycles. The van der Waals surface area contributed by atoms with Crippen LogP contribution in [0.15, 0.2) is 11.6 Å². The molecular weight excluding hydrogens is 280 g/mol. The molecule has 0 radical (unpaired) electrons. The minimum absolute atomic E-state index is 0.218. The van der Waals surface area contributed by atoms with Gasteiger partial charge in [0.1, 0.15) is 0 Å². The summed E-state index contributed by atoms with van der Waals surface area (Å²) in [5.41, 5.74) is -0.848. The second-order valence-electron chi connectivity index (χ2n) is 3.47. The second kappa shape index (κ2) is 6.92. The van der Waals surface area contributed by atoms with E-state index in [1.54, 1.807) is 6.07 Å². The van der Waals surface area contributed by atoms with Gasteiger partial charge < -0.3 is 0 Å². The van der Waals surface area contributed by atoms with Gasteiger partial charge in [0.25, 0.3) is 0 Å². The van der Waals surface area contributed by atoms with Crippen molar-refractivity contribution in [1.29, 1.82) is 5.26 Å². The Kier molecular flexibility index (Phi) is 6.60. The quantitative estimate of drug-likeness (QED) is 0.551. The van der Waals surface area contributed by atoms with Crippen molar-refractivity contribution in [3.63, 3.8) is 0 Å². The third-order valence-electron chi connectivity index (χ3n) is 1.93. The maximum absolute atomic E-state index is 12.1. The van der Waals surface area contributed by atoms with E-state index >= 15 is 0 Å². The highest BCUT2D eigenvalue weighted by Crippen LogP contribution is 2.28. The van der Waals surface area contributed by atoms with Crippen LogP contribution in [0.3, 0.4) is 0 Å². The Morgan fingerprint density at radius 1 is 1.28 bits per heavy atom. The van der Waals surface area contributed by atoms with Gasteiger partial charge >= 0.3 is 12.4 Å². The van der Waals surface area contributed by atoms with Gasteiger partial charge in [-0.15, -0.1) is 11.8 Å². The number of allylic oxidation sites excluding steroid dienone is 2. The molecule has 0 aliphatic rings. The van der Waals surface area contributed by atoms with E-state index in [0.717, 1.165) is 13.0 Å². The van der Waals surface area contributed by atoms with Crippen LogP contribution in [0, 0.1) is 11.3 Å². The monoisotopic (exact) mass is 291 g/mol. The van der Waals surface area contributed by atoms with E-state index < -0.39 is 29.6 Å². The first kappa shape index (κ1) is 17.2. The van der Waals surface area contributed by atoms with Crippen LogP contribution < -0.4 is 0 Å². The van der Waals surface area contributed by atoms with Crippen molar-refractivity contribution in [2.24, 2.45) is 0 Å². The standard InChI is InChI=1S/C10H11F6NS/c1-7(10(14,15)16)2-3-8(6-17)18-5-4-9(11,12)13/h2,8H,3-5H2,1H3/b7-2+. The lowest BCUT2D eigenvalue weighted by atomic mass is 10.2. The molecular formula is C10H11F6NS. The van der Waals surface area contributed by atoms with Gasteiger partial charge in [0.2, 0.25) is 0 Å².